The van der Waals surface area contributed by atoms with Crippen molar-refractivity contribution in [3.05, 3.63) is 16.3 Å². The highest BCUT2D eigenvalue weighted by atomic mass is 19.4. The number of amides is 1. The van der Waals surface area contributed by atoms with Crippen LogP contribution in [0.1, 0.15) is 50.8 Å². The maximum atomic E-state index is 12.9. The van der Waals surface area contributed by atoms with Crippen molar-refractivity contribution >= 4 is 5.91 Å². The second kappa shape index (κ2) is 7.65. The number of aromatic nitrogens is 3. The number of fused-ring (bicyclic) bond motifs is 1. The summed E-state index contributed by atoms with van der Waals surface area (Å²) >= 11 is 0. The average molecular weight is 390 g/mol. The summed E-state index contributed by atoms with van der Waals surface area (Å²) < 4.78 is 41.4. The second-order valence-corrected chi connectivity index (χ2v) is 7.65. The quantitative estimate of drug-likeness (QED) is 0.813. The first-order chi connectivity index (χ1) is 12.7. The van der Waals surface area contributed by atoms with Crippen LogP contribution >= 0.6 is 0 Å². The van der Waals surface area contributed by atoms with E-state index < -0.39 is 30.0 Å². The number of rotatable bonds is 4. The SMILES string of the molecule is O=C(Cn1nc2n(c1=O)CCCCC2)NC[C@@]1(O)CCC[C@@H](C(F)(F)F)C1. The molecule has 1 aromatic rings. The van der Waals surface area contributed by atoms with Crippen LogP contribution in [-0.2, 0) is 24.3 Å². The van der Waals surface area contributed by atoms with E-state index in [0.29, 0.717) is 18.8 Å². The normalized spacial score (nSPS) is 26.3. The number of alkyl halides is 3. The highest BCUT2D eigenvalue weighted by Gasteiger charge is 2.47. The van der Waals surface area contributed by atoms with Crippen molar-refractivity contribution in [1.82, 2.24) is 19.7 Å². The maximum absolute atomic E-state index is 12.9. The summed E-state index contributed by atoms with van der Waals surface area (Å²) in [7, 11) is 0. The van der Waals surface area contributed by atoms with Crippen molar-refractivity contribution in [3.8, 4) is 0 Å². The molecule has 1 amide bonds. The van der Waals surface area contributed by atoms with Gasteiger partial charge in [-0.25, -0.2) is 9.48 Å². The standard InChI is InChI=1S/C17H25F3N4O3/c18-17(19,20)12-5-4-7-16(27,9-12)11-21-14(25)10-24-15(26)23-8-3-1-2-6-13(23)22-24/h12,27H,1-11H2,(H,21,25)/t12-,16-/m1/s1. The summed E-state index contributed by atoms with van der Waals surface area (Å²) in [5.74, 6) is -1.45. The molecule has 0 spiro atoms. The van der Waals surface area contributed by atoms with Gasteiger partial charge >= 0.3 is 11.9 Å². The number of nitrogens with zero attached hydrogens (tertiary/aromatic N) is 3. The van der Waals surface area contributed by atoms with Gasteiger partial charge in [0.2, 0.25) is 5.91 Å². The lowest BCUT2D eigenvalue weighted by Crippen LogP contribution is -2.49. The van der Waals surface area contributed by atoms with Gasteiger partial charge in [0, 0.05) is 19.5 Å². The van der Waals surface area contributed by atoms with E-state index in [1.54, 1.807) is 4.57 Å². The molecule has 152 valence electrons. The van der Waals surface area contributed by atoms with Gasteiger partial charge in [-0.15, -0.1) is 0 Å². The minimum absolute atomic E-state index is 0.00460. The molecule has 1 saturated carbocycles. The zero-order valence-corrected chi connectivity index (χ0v) is 15.1. The van der Waals surface area contributed by atoms with Gasteiger partial charge in [0.05, 0.1) is 11.5 Å². The summed E-state index contributed by atoms with van der Waals surface area (Å²) in [6, 6.07) is 0. The summed E-state index contributed by atoms with van der Waals surface area (Å²) in [4.78, 5) is 24.5. The molecule has 1 aromatic heterocycles. The van der Waals surface area contributed by atoms with Crippen molar-refractivity contribution in [2.75, 3.05) is 6.54 Å². The average Bonchev–Trinajstić information content (AvgIpc) is 2.76. The number of carbonyl (C=O) groups excluding carboxylic acids is 1. The van der Waals surface area contributed by atoms with Gasteiger partial charge < -0.3 is 10.4 Å². The van der Waals surface area contributed by atoms with Crippen molar-refractivity contribution in [2.24, 2.45) is 5.92 Å². The number of aryl methyl sites for hydroxylation is 1. The van der Waals surface area contributed by atoms with Crippen molar-refractivity contribution in [3.63, 3.8) is 0 Å². The Morgan fingerprint density at radius 2 is 2.07 bits per heavy atom. The molecule has 3 rings (SSSR count). The summed E-state index contributed by atoms with van der Waals surface area (Å²) in [6.45, 7) is 0.00666. The molecule has 0 saturated heterocycles. The molecule has 0 radical (unpaired) electrons. The molecule has 7 nitrogen and oxygen atoms in total. The molecule has 2 atom stereocenters. The predicted octanol–water partition coefficient (Wildman–Crippen LogP) is 1.37. The van der Waals surface area contributed by atoms with E-state index in [4.69, 9.17) is 0 Å². The third-order valence-electron chi connectivity index (χ3n) is 5.47. The fraction of sp³-hybridized carbons (Fsp3) is 0.824. The third-order valence-corrected chi connectivity index (χ3v) is 5.47. The first kappa shape index (κ1) is 19.9. The van der Waals surface area contributed by atoms with E-state index in [1.807, 2.05) is 0 Å². The van der Waals surface area contributed by atoms with E-state index in [0.717, 1.165) is 23.9 Å². The summed E-state index contributed by atoms with van der Waals surface area (Å²) in [6.07, 6.45) is -0.773. The van der Waals surface area contributed by atoms with Gasteiger partial charge in [-0.05, 0) is 38.5 Å². The Kier molecular flexibility index (Phi) is 5.64. The first-order valence-corrected chi connectivity index (χ1v) is 9.40. The monoisotopic (exact) mass is 390 g/mol. The molecule has 1 aliphatic heterocycles. The highest BCUT2D eigenvalue weighted by molar-refractivity contribution is 5.75. The largest absolute Gasteiger partial charge is 0.391 e. The van der Waals surface area contributed by atoms with Crippen LogP contribution in [0.5, 0.6) is 0 Å². The molecule has 1 fully saturated rings. The maximum Gasteiger partial charge on any atom is 0.391 e. The van der Waals surface area contributed by atoms with Crippen LogP contribution < -0.4 is 11.0 Å². The Morgan fingerprint density at radius 3 is 2.81 bits per heavy atom. The number of halogens is 3. The zero-order valence-electron chi connectivity index (χ0n) is 15.1. The van der Waals surface area contributed by atoms with Crippen LogP contribution in [0, 0.1) is 5.92 Å². The summed E-state index contributed by atoms with van der Waals surface area (Å²) in [5.41, 5.74) is -1.93. The number of hydrogen-bond acceptors (Lipinski definition) is 4. The topological polar surface area (TPSA) is 89.2 Å². The molecule has 10 heteroatoms. The van der Waals surface area contributed by atoms with E-state index in [9.17, 15) is 27.9 Å². The van der Waals surface area contributed by atoms with Crippen LogP contribution in [0.2, 0.25) is 0 Å². The molecular formula is C17H25F3N4O3. The molecule has 0 unspecified atom stereocenters. The van der Waals surface area contributed by atoms with Crippen LogP contribution in [0.3, 0.4) is 0 Å². The lowest BCUT2D eigenvalue weighted by atomic mass is 9.77. The second-order valence-electron chi connectivity index (χ2n) is 7.65. The fourth-order valence-corrected chi connectivity index (χ4v) is 3.96. The number of nitrogens with one attached hydrogen (secondary N) is 1. The van der Waals surface area contributed by atoms with Crippen molar-refractivity contribution < 1.29 is 23.1 Å². The number of hydrogen-bond donors (Lipinski definition) is 2. The van der Waals surface area contributed by atoms with Crippen LogP contribution in [0.4, 0.5) is 13.2 Å². The Labute approximate surface area is 154 Å². The summed E-state index contributed by atoms with van der Waals surface area (Å²) in [5, 5.41) is 17.1. The lowest BCUT2D eigenvalue weighted by molar-refractivity contribution is -0.199. The van der Waals surface area contributed by atoms with E-state index >= 15 is 0 Å². The zero-order chi connectivity index (χ0) is 19.7. The fourth-order valence-electron chi connectivity index (χ4n) is 3.96. The Hall–Kier alpha value is -1.84. The molecular weight excluding hydrogens is 365 g/mol. The molecule has 27 heavy (non-hydrogen) atoms. The van der Waals surface area contributed by atoms with Gasteiger partial charge in [0.25, 0.3) is 0 Å². The minimum atomic E-state index is -4.35. The van der Waals surface area contributed by atoms with Gasteiger partial charge in [-0.3, -0.25) is 9.36 Å². The lowest BCUT2D eigenvalue weighted by Gasteiger charge is -2.37. The van der Waals surface area contributed by atoms with Crippen LogP contribution in [-0.4, -0.2) is 43.7 Å². The van der Waals surface area contributed by atoms with Gasteiger partial charge in [-0.1, -0.05) is 6.42 Å². The van der Waals surface area contributed by atoms with Crippen molar-refractivity contribution in [2.45, 2.75) is 76.2 Å². The highest BCUT2D eigenvalue weighted by Crippen LogP contribution is 2.41. The number of aliphatic hydroxyl groups is 1. The first-order valence-electron chi connectivity index (χ1n) is 9.40. The Balaban J connectivity index is 1.58. The minimum Gasteiger partial charge on any atom is -0.388 e. The van der Waals surface area contributed by atoms with Crippen molar-refractivity contribution in [1.29, 1.82) is 0 Å². The number of carbonyl (C=O) groups is 1. The molecule has 1 aliphatic carbocycles. The van der Waals surface area contributed by atoms with E-state index in [1.165, 1.54) is 0 Å². The van der Waals surface area contributed by atoms with E-state index in [2.05, 4.69) is 10.4 Å². The molecule has 2 aliphatic rings. The predicted molar refractivity (Wildman–Crippen MR) is 90.0 cm³/mol. The third kappa shape index (κ3) is 4.72. The van der Waals surface area contributed by atoms with E-state index in [-0.39, 0.29) is 38.0 Å². The molecule has 2 N–H and O–H groups in total. The molecule has 0 bridgehead atoms. The van der Waals surface area contributed by atoms with Gasteiger partial charge in [0.1, 0.15) is 12.4 Å². The van der Waals surface area contributed by atoms with Gasteiger partial charge in [0.15, 0.2) is 0 Å². The molecule has 0 aromatic carbocycles. The Bertz CT molecular complexity index is 743. The smallest absolute Gasteiger partial charge is 0.388 e. The van der Waals surface area contributed by atoms with Crippen LogP contribution in [0.25, 0.3) is 0 Å². The molecule has 2 heterocycles. The van der Waals surface area contributed by atoms with Crippen LogP contribution in [0.15, 0.2) is 4.79 Å². The Morgan fingerprint density at radius 1 is 1.30 bits per heavy atom. The van der Waals surface area contributed by atoms with Gasteiger partial charge in [-0.2, -0.15) is 18.3 Å².